The van der Waals surface area contributed by atoms with E-state index in [1.165, 1.54) is 121 Å². The maximum atomic E-state index is 2.49. The summed E-state index contributed by atoms with van der Waals surface area (Å²) in [4.78, 5) is 0. The molecule has 2 aliphatic carbocycles. The second kappa shape index (κ2) is 11.9. The van der Waals surface area contributed by atoms with Crippen molar-refractivity contribution in [3.05, 3.63) is 204 Å². The summed E-state index contributed by atoms with van der Waals surface area (Å²) in [6, 6.07) is 69.1. The molecule has 0 nitrogen and oxygen atoms in total. The Bertz CT molecular complexity index is 3390. The van der Waals surface area contributed by atoms with Gasteiger partial charge in [-0.25, -0.2) is 0 Å². The molecule has 0 saturated carbocycles. The van der Waals surface area contributed by atoms with E-state index in [-0.39, 0.29) is 10.8 Å². The molecule has 58 heavy (non-hydrogen) atoms. The van der Waals surface area contributed by atoms with Crippen LogP contribution in [-0.4, -0.2) is 0 Å². The zero-order chi connectivity index (χ0) is 38.9. The summed E-state index contributed by atoms with van der Waals surface area (Å²) in [7, 11) is 0. The lowest BCUT2D eigenvalue weighted by Gasteiger charge is -2.22. The van der Waals surface area contributed by atoms with Crippen LogP contribution in [0.3, 0.4) is 0 Å². The van der Waals surface area contributed by atoms with Gasteiger partial charge in [0.05, 0.1) is 0 Å². The second-order valence-electron chi connectivity index (χ2n) is 17.7. The van der Waals surface area contributed by atoms with E-state index >= 15 is 0 Å². The van der Waals surface area contributed by atoms with E-state index in [9.17, 15) is 0 Å². The van der Waals surface area contributed by atoms with E-state index in [0.29, 0.717) is 0 Å². The molecule has 0 saturated heterocycles. The summed E-state index contributed by atoms with van der Waals surface area (Å²) in [5.41, 5.74) is 18.5. The Morgan fingerprint density at radius 2 is 0.690 bits per heavy atom. The van der Waals surface area contributed by atoms with Crippen LogP contribution in [0.4, 0.5) is 0 Å². The summed E-state index contributed by atoms with van der Waals surface area (Å²) in [5, 5.41) is 10.2. The molecule has 0 fully saturated rings. The maximum Gasteiger partial charge on any atom is 0.0158 e. The molecular weight excluding hydrogens is 697 g/mol. The first-order chi connectivity index (χ1) is 28.3. The quantitative estimate of drug-likeness (QED) is 0.158. The van der Waals surface area contributed by atoms with Crippen molar-refractivity contribution >= 4 is 43.1 Å². The van der Waals surface area contributed by atoms with Crippen LogP contribution in [-0.2, 0) is 10.8 Å². The van der Waals surface area contributed by atoms with Crippen LogP contribution in [0.25, 0.3) is 98.7 Å². The van der Waals surface area contributed by atoms with Crippen LogP contribution < -0.4 is 0 Å². The predicted octanol–water partition coefficient (Wildman–Crippen LogP) is 15.9. The van der Waals surface area contributed by atoms with Crippen molar-refractivity contribution in [1.29, 1.82) is 0 Å². The average Bonchev–Trinajstić information content (AvgIpc) is 3.64. The molecule has 0 spiro atoms. The van der Waals surface area contributed by atoms with Crippen molar-refractivity contribution in [3.63, 3.8) is 0 Å². The highest BCUT2D eigenvalue weighted by Gasteiger charge is 2.36. The van der Waals surface area contributed by atoms with Crippen molar-refractivity contribution in [2.45, 2.75) is 38.5 Å². The van der Waals surface area contributed by atoms with Gasteiger partial charge < -0.3 is 0 Å². The van der Waals surface area contributed by atoms with Gasteiger partial charge in [-0.3, -0.25) is 0 Å². The van der Waals surface area contributed by atoms with Crippen LogP contribution in [0.5, 0.6) is 0 Å². The number of fused-ring (bicyclic) bond motifs is 12. The van der Waals surface area contributed by atoms with Crippen molar-refractivity contribution in [3.8, 4) is 55.6 Å². The van der Waals surface area contributed by atoms with Crippen molar-refractivity contribution in [2.75, 3.05) is 0 Å². The van der Waals surface area contributed by atoms with Gasteiger partial charge in [0.25, 0.3) is 0 Å². The fourth-order valence-corrected chi connectivity index (χ4v) is 10.8. The van der Waals surface area contributed by atoms with Gasteiger partial charge in [-0.15, -0.1) is 0 Å². The summed E-state index contributed by atoms with van der Waals surface area (Å²) < 4.78 is 0. The van der Waals surface area contributed by atoms with E-state index < -0.39 is 0 Å². The van der Waals surface area contributed by atoms with Gasteiger partial charge in [0.15, 0.2) is 0 Å². The van der Waals surface area contributed by atoms with Gasteiger partial charge in [0.2, 0.25) is 0 Å². The molecule has 0 bridgehead atoms. The molecule has 0 unspecified atom stereocenters. The topological polar surface area (TPSA) is 0 Å². The lowest BCUT2D eigenvalue weighted by atomic mass is 9.81. The SMILES string of the molecule is CC1(C)c2ccccc2-c2cc(-c3cc4c5ccc(-c6ccc7ccccc7c6)cc5c(-c5ccc6c(c5)-c5ccccc5C6(C)C)cc4c4ccccc34)ccc21. The zero-order valence-corrected chi connectivity index (χ0v) is 33.3. The van der Waals surface area contributed by atoms with Crippen LogP contribution in [0.1, 0.15) is 49.9 Å². The Hall–Kier alpha value is -6.76. The molecule has 10 aromatic rings. The monoisotopic (exact) mass is 738 g/mol. The van der Waals surface area contributed by atoms with Crippen LogP contribution in [0.15, 0.2) is 182 Å². The molecule has 2 aliphatic rings. The lowest BCUT2D eigenvalue weighted by molar-refractivity contribution is 0.660. The minimum Gasteiger partial charge on any atom is -0.0619 e. The highest BCUT2D eigenvalue weighted by Crippen LogP contribution is 2.52. The molecule has 274 valence electrons. The lowest BCUT2D eigenvalue weighted by Crippen LogP contribution is -2.14. The second-order valence-corrected chi connectivity index (χ2v) is 17.7. The first-order valence-electron chi connectivity index (χ1n) is 20.7. The molecule has 10 aromatic carbocycles. The molecule has 0 aliphatic heterocycles. The van der Waals surface area contributed by atoms with E-state index in [4.69, 9.17) is 0 Å². The smallest absolute Gasteiger partial charge is 0.0158 e. The highest BCUT2D eigenvalue weighted by atomic mass is 14.4. The van der Waals surface area contributed by atoms with Crippen LogP contribution >= 0.6 is 0 Å². The van der Waals surface area contributed by atoms with Crippen LogP contribution in [0.2, 0.25) is 0 Å². The fourth-order valence-electron chi connectivity index (χ4n) is 10.8. The Morgan fingerprint density at radius 1 is 0.241 bits per heavy atom. The number of benzene rings is 10. The van der Waals surface area contributed by atoms with Gasteiger partial charge >= 0.3 is 0 Å². The highest BCUT2D eigenvalue weighted by molar-refractivity contribution is 6.24. The third kappa shape index (κ3) is 4.63. The summed E-state index contributed by atoms with van der Waals surface area (Å²) >= 11 is 0. The number of hydrogen-bond acceptors (Lipinski definition) is 0. The fraction of sp³-hybridized carbons (Fsp3) is 0.103. The molecular formula is C58H42. The molecule has 0 amide bonds. The first-order valence-corrected chi connectivity index (χ1v) is 20.7. The summed E-state index contributed by atoms with van der Waals surface area (Å²) in [5.74, 6) is 0. The van der Waals surface area contributed by atoms with Gasteiger partial charge in [-0.1, -0.05) is 173 Å². The minimum absolute atomic E-state index is 0.0271. The standard InChI is InChI=1S/C58H42/c1-57(2)53-19-11-9-17-44(53)51-31-39(24-27-55(51)57)46-33-50-43-26-23-38(37-22-21-35-13-5-6-14-36(35)29-37)30-48(43)47(34-49(50)42-16-8-7-15-41(42)46)40-25-28-56-52(32-40)45-18-10-12-20-54(45)58(56,3)4/h5-34H,1-4H3. The minimum atomic E-state index is -0.0405. The third-order valence-corrected chi connectivity index (χ3v) is 13.8. The molecule has 0 aromatic heterocycles. The van der Waals surface area contributed by atoms with Gasteiger partial charge in [0, 0.05) is 10.8 Å². The van der Waals surface area contributed by atoms with Gasteiger partial charge in [-0.05, 0) is 157 Å². The molecule has 0 heteroatoms. The van der Waals surface area contributed by atoms with Crippen molar-refractivity contribution < 1.29 is 0 Å². The Kier molecular flexibility index (Phi) is 6.84. The van der Waals surface area contributed by atoms with E-state index in [1.807, 2.05) is 0 Å². The largest absolute Gasteiger partial charge is 0.0619 e. The van der Waals surface area contributed by atoms with Crippen molar-refractivity contribution in [2.24, 2.45) is 0 Å². The van der Waals surface area contributed by atoms with E-state index in [0.717, 1.165) is 0 Å². The Balaban J connectivity index is 1.14. The predicted molar refractivity (Wildman–Crippen MR) is 248 cm³/mol. The Morgan fingerprint density at radius 3 is 1.33 bits per heavy atom. The molecule has 0 N–H and O–H groups in total. The number of rotatable bonds is 3. The summed E-state index contributed by atoms with van der Waals surface area (Å²) in [6.45, 7) is 9.45. The number of hydrogen-bond donors (Lipinski definition) is 0. The van der Waals surface area contributed by atoms with Gasteiger partial charge in [-0.2, -0.15) is 0 Å². The van der Waals surface area contributed by atoms with Crippen LogP contribution in [0, 0.1) is 0 Å². The average molecular weight is 739 g/mol. The van der Waals surface area contributed by atoms with Crippen molar-refractivity contribution in [1.82, 2.24) is 0 Å². The normalized spacial score (nSPS) is 14.5. The maximum absolute atomic E-state index is 2.49. The van der Waals surface area contributed by atoms with E-state index in [2.05, 4.69) is 210 Å². The van der Waals surface area contributed by atoms with Gasteiger partial charge in [0.1, 0.15) is 0 Å². The first kappa shape index (κ1) is 33.4. The zero-order valence-electron chi connectivity index (χ0n) is 33.3. The van der Waals surface area contributed by atoms with E-state index in [1.54, 1.807) is 0 Å². The Labute approximate surface area is 340 Å². The molecule has 0 atom stereocenters. The molecule has 12 rings (SSSR count). The molecule has 0 heterocycles. The third-order valence-electron chi connectivity index (χ3n) is 13.8. The summed E-state index contributed by atoms with van der Waals surface area (Å²) in [6.07, 6.45) is 0. The molecule has 0 radical (unpaired) electrons.